The van der Waals surface area contributed by atoms with Crippen molar-refractivity contribution in [3.8, 4) is 0 Å². The van der Waals surface area contributed by atoms with Crippen LogP contribution in [0.4, 0.5) is 0 Å². The molecule has 1 rings (SSSR count). The zero-order chi connectivity index (χ0) is 35.8. The van der Waals surface area contributed by atoms with Gasteiger partial charge in [0.25, 0.3) is 0 Å². The largest absolute Gasteiger partial charge is 0.162 e. The van der Waals surface area contributed by atoms with Gasteiger partial charge in [0.2, 0.25) is 0 Å². The van der Waals surface area contributed by atoms with E-state index in [0.29, 0.717) is 22.3 Å². The molecular formula is C44H84S. The highest BCUT2D eigenvalue weighted by atomic mass is 32.2. The summed E-state index contributed by atoms with van der Waals surface area (Å²) in [4.78, 5) is 1.45. The van der Waals surface area contributed by atoms with Gasteiger partial charge >= 0.3 is 0 Å². The third kappa shape index (κ3) is 35.4. The number of hydrogen-bond acceptors (Lipinski definition) is 0. The molecule has 0 aromatic heterocycles. The molecule has 0 aromatic rings. The standard InChI is InChI=1S/C13H24.C9H20.C8H12S.C8H16.C6H12/c1-6-8-9-10-13(7-2)12(5)11(3)4;1-4-6-8-9(3)7-5-2;1-7(2)8-5-4-6-9(8)3;1-5-8(4)6-7(2)3;1-4-6(3)5-2/h8-12H,6-7H2,1-5H3;9H,4-8H2,1-3H3;5-6H,1,4H2,2-3H3;5,7-8H,1,6H2,2-4H3;4H,5H2,1-3H3/b9-8-,13-10-;;;;6-4+. The van der Waals surface area contributed by atoms with E-state index in [1.807, 2.05) is 6.08 Å². The van der Waals surface area contributed by atoms with Gasteiger partial charge in [-0.25, -0.2) is 0 Å². The molecule has 4 atom stereocenters. The summed E-state index contributed by atoms with van der Waals surface area (Å²) in [6, 6.07) is 0. The maximum absolute atomic E-state index is 3.91. The lowest BCUT2D eigenvalue weighted by Crippen LogP contribution is -2.06. The molecule has 0 spiro atoms. The van der Waals surface area contributed by atoms with Crippen molar-refractivity contribution in [2.75, 3.05) is 6.26 Å². The molecule has 0 nitrogen and oxygen atoms in total. The fraction of sp³-hybridized carbons (Fsp3) is 0.705. The maximum Gasteiger partial charge on any atom is -0.000218 e. The second-order valence-electron chi connectivity index (χ2n) is 13.6. The molecule has 0 radical (unpaired) electrons. The molecule has 0 saturated carbocycles. The Labute approximate surface area is 290 Å². The molecule has 0 fully saturated rings. The smallest absolute Gasteiger partial charge is 0.000218 e. The molecule has 0 aliphatic carbocycles. The van der Waals surface area contributed by atoms with Gasteiger partial charge < -0.3 is 0 Å². The fourth-order valence-corrected chi connectivity index (χ4v) is 6.02. The van der Waals surface area contributed by atoms with Crippen molar-refractivity contribution in [1.29, 1.82) is 0 Å². The summed E-state index contributed by atoms with van der Waals surface area (Å²) in [6.45, 7) is 40.9. The zero-order valence-electron chi connectivity index (χ0n) is 33.8. The molecule has 45 heavy (non-hydrogen) atoms. The van der Waals surface area contributed by atoms with Crippen LogP contribution >= 0.6 is 10.5 Å². The monoisotopic (exact) mass is 645 g/mol. The van der Waals surface area contributed by atoms with Gasteiger partial charge in [0, 0.05) is 0 Å². The van der Waals surface area contributed by atoms with E-state index in [1.165, 1.54) is 67.4 Å². The Morgan fingerprint density at radius 3 is 1.78 bits per heavy atom. The van der Waals surface area contributed by atoms with E-state index >= 15 is 0 Å². The first-order valence-electron chi connectivity index (χ1n) is 18.6. The van der Waals surface area contributed by atoms with Gasteiger partial charge in [-0.15, -0.1) is 6.58 Å². The molecule has 0 saturated heterocycles. The lowest BCUT2D eigenvalue weighted by Gasteiger charge is -2.17. The van der Waals surface area contributed by atoms with E-state index in [9.17, 15) is 0 Å². The Bertz CT molecular complexity index is 842. The zero-order valence-corrected chi connectivity index (χ0v) is 34.6. The maximum atomic E-state index is 3.91. The molecule has 0 amide bonds. The lowest BCUT2D eigenvalue weighted by molar-refractivity contribution is 0.466. The minimum atomic E-state index is 0.396. The highest BCUT2D eigenvalue weighted by Crippen LogP contribution is 2.31. The van der Waals surface area contributed by atoms with Crippen molar-refractivity contribution in [3.05, 3.63) is 71.2 Å². The van der Waals surface area contributed by atoms with Crippen molar-refractivity contribution in [2.45, 2.75) is 168 Å². The quantitative estimate of drug-likeness (QED) is 0.0945. The molecule has 1 heterocycles. The molecular weight excluding hydrogens is 561 g/mol. The van der Waals surface area contributed by atoms with E-state index in [2.05, 4.69) is 159 Å². The van der Waals surface area contributed by atoms with Crippen molar-refractivity contribution in [3.63, 3.8) is 0 Å². The summed E-state index contributed by atoms with van der Waals surface area (Å²) < 4.78 is 0. The third-order valence-corrected chi connectivity index (χ3v) is 10.1. The van der Waals surface area contributed by atoms with E-state index in [0.717, 1.165) is 30.6 Å². The van der Waals surface area contributed by atoms with Crippen LogP contribution in [0.2, 0.25) is 0 Å². The van der Waals surface area contributed by atoms with Crippen LogP contribution in [0.25, 0.3) is 0 Å². The number of unbranched alkanes of at least 4 members (excludes halogenated alkanes) is 1. The first kappa shape index (κ1) is 50.5. The highest BCUT2D eigenvalue weighted by Gasteiger charge is 2.10. The molecule has 1 heteroatoms. The topological polar surface area (TPSA) is 0 Å². The highest BCUT2D eigenvalue weighted by molar-refractivity contribution is 8.18. The third-order valence-electron chi connectivity index (χ3n) is 8.22. The van der Waals surface area contributed by atoms with Crippen LogP contribution in [-0.4, -0.2) is 11.6 Å². The van der Waals surface area contributed by atoms with E-state index in [4.69, 9.17) is 0 Å². The summed E-state index contributed by atoms with van der Waals surface area (Å²) in [5.74, 6) is 3.93. The van der Waals surface area contributed by atoms with Gasteiger partial charge in [0.15, 0.2) is 0 Å². The number of rotatable bonds is 15. The second kappa shape index (κ2) is 35.5. The van der Waals surface area contributed by atoms with Crippen LogP contribution in [0, 0.1) is 29.6 Å². The molecule has 266 valence electrons. The predicted octanol–water partition coefficient (Wildman–Crippen LogP) is 16.0. The first-order chi connectivity index (χ1) is 21.1. The summed E-state index contributed by atoms with van der Waals surface area (Å²) in [5.41, 5.74) is 4.27. The molecule has 0 aromatic carbocycles. The van der Waals surface area contributed by atoms with Gasteiger partial charge in [-0.3, -0.25) is 0 Å². The van der Waals surface area contributed by atoms with Crippen LogP contribution in [0.1, 0.15) is 168 Å². The summed E-state index contributed by atoms with van der Waals surface area (Å²) in [6.07, 6.45) is 28.2. The van der Waals surface area contributed by atoms with Crippen molar-refractivity contribution >= 4 is 15.9 Å². The second-order valence-corrected chi connectivity index (χ2v) is 15.5. The summed E-state index contributed by atoms with van der Waals surface area (Å²) in [5, 5.41) is 2.34. The molecule has 0 N–H and O–H groups in total. The van der Waals surface area contributed by atoms with Crippen molar-refractivity contribution < 1.29 is 0 Å². The number of hydrogen-bond donors (Lipinski definition) is 0. The minimum absolute atomic E-state index is 0.396. The molecule has 0 bridgehead atoms. The van der Waals surface area contributed by atoms with Gasteiger partial charge in [-0.05, 0) is 99.2 Å². The Hall–Kier alpha value is -1.34. The van der Waals surface area contributed by atoms with Crippen LogP contribution in [0.15, 0.2) is 71.2 Å². The van der Waals surface area contributed by atoms with Crippen LogP contribution in [0.3, 0.4) is 0 Å². The predicted molar refractivity (Wildman–Crippen MR) is 221 cm³/mol. The Morgan fingerprint density at radius 1 is 0.911 bits per heavy atom. The normalized spacial score (nSPS) is 16.4. The van der Waals surface area contributed by atoms with E-state index < -0.39 is 0 Å². The summed E-state index contributed by atoms with van der Waals surface area (Å²) in [7, 11) is 0.396. The molecule has 4 unspecified atom stereocenters. The van der Waals surface area contributed by atoms with Crippen molar-refractivity contribution in [2.24, 2.45) is 29.6 Å². The Balaban J connectivity index is -0.000000239. The molecule has 1 aliphatic heterocycles. The van der Waals surface area contributed by atoms with Crippen LogP contribution in [0.5, 0.6) is 0 Å². The van der Waals surface area contributed by atoms with Gasteiger partial charge in [-0.1, -0.05) is 175 Å². The van der Waals surface area contributed by atoms with E-state index in [1.54, 1.807) is 5.57 Å². The van der Waals surface area contributed by atoms with Gasteiger partial charge in [-0.2, -0.15) is 10.5 Å². The van der Waals surface area contributed by atoms with Crippen LogP contribution < -0.4 is 0 Å². The van der Waals surface area contributed by atoms with Crippen molar-refractivity contribution in [1.82, 2.24) is 0 Å². The molecule has 1 aliphatic rings. The van der Waals surface area contributed by atoms with Crippen LogP contribution in [-0.2, 0) is 0 Å². The Morgan fingerprint density at radius 2 is 1.51 bits per heavy atom. The fourth-order valence-electron chi connectivity index (χ4n) is 4.55. The average Bonchev–Trinajstić information content (AvgIpc) is 3.44. The SMILES string of the molecule is C/C=C(\C)CC.C=C(C)C1=CCC=S1C.C=CC(C)CC(C)C.CC/C=C\C=C(\CC)C(C)C(C)C.CCCCC(C)CCC. The average molecular weight is 645 g/mol. The van der Waals surface area contributed by atoms with Gasteiger partial charge in [0.05, 0.1) is 0 Å². The summed E-state index contributed by atoms with van der Waals surface area (Å²) >= 11 is 0. The number of allylic oxidation sites excluding steroid dienone is 9. The Kier molecular flexibility index (Phi) is 39.9. The lowest BCUT2D eigenvalue weighted by atomic mass is 9.88. The van der Waals surface area contributed by atoms with E-state index in [-0.39, 0.29) is 0 Å². The first-order valence-corrected chi connectivity index (χ1v) is 20.3. The minimum Gasteiger partial charge on any atom is -0.162 e. The van der Waals surface area contributed by atoms with Gasteiger partial charge in [0.1, 0.15) is 0 Å².